The fraction of sp³-hybridized carbons (Fsp3) is 0.538. The highest BCUT2D eigenvalue weighted by atomic mass is 16.5. The molecule has 0 bridgehead atoms. The highest BCUT2D eigenvalue weighted by molar-refractivity contribution is 5.88. The summed E-state index contributed by atoms with van der Waals surface area (Å²) in [6.07, 6.45) is 5.22. The van der Waals surface area contributed by atoms with Gasteiger partial charge in [0.1, 0.15) is 17.0 Å². The Morgan fingerprint density at radius 3 is 2.79 bits per heavy atom. The Bertz CT molecular complexity index is 1150. The Balaban J connectivity index is 1.32. The summed E-state index contributed by atoms with van der Waals surface area (Å²) in [6, 6.07) is 8.52. The third-order valence-corrected chi connectivity index (χ3v) is 6.98. The molecule has 1 amide bonds. The minimum Gasteiger partial charge on any atom is -0.355 e. The summed E-state index contributed by atoms with van der Waals surface area (Å²) in [4.78, 5) is 24.7. The molecule has 0 spiro atoms. The van der Waals surface area contributed by atoms with E-state index in [0.29, 0.717) is 36.2 Å². The Kier molecular flexibility index (Phi) is 6.04. The summed E-state index contributed by atoms with van der Waals surface area (Å²) in [5, 5.41) is 8.27. The van der Waals surface area contributed by atoms with Gasteiger partial charge < -0.3 is 14.7 Å². The lowest BCUT2D eigenvalue weighted by Crippen LogP contribution is -2.39. The van der Waals surface area contributed by atoms with E-state index in [1.54, 1.807) is 0 Å². The summed E-state index contributed by atoms with van der Waals surface area (Å²) < 4.78 is 5.51. The fourth-order valence-corrected chi connectivity index (χ4v) is 5.58. The molecular weight excluding hydrogens is 414 g/mol. The Labute approximate surface area is 195 Å². The van der Waals surface area contributed by atoms with E-state index in [1.807, 2.05) is 6.92 Å². The molecule has 3 heterocycles. The lowest BCUT2D eigenvalue weighted by atomic mass is 9.87. The van der Waals surface area contributed by atoms with Gasteiger partial charge in [-0.2, -0.15) is 4.98 Å². The number of fused-ring (bicyclic) bond motifs is 2. The zero-order valence-electron chi connectivity index (χ0n) is 19.8. The lowest BCUT2D eigenvalue weighted by Gasteiger charge is -2.36. The first-order valence-corrected chi connectivity index (χ1v) is 12.2. The van der Waals surface area contributed by atoms with E-state index in [2.05, 4.69) is 58.5 Å². The van der Waals surface area contributed by atoms with Crippen LogP contribution < -0.4 is 10.2 Å². The first-order chi connectivity index (χ1) is 16.0. The first kappa shape index (κ1) is 21.9. The second kappa shape index (κ2) is 9.12. The molecule has 0 radical (unpaired) electrons. The number of hydrogen-bond donors (Lipinski definition) is 1. The van der Waals surface area contributed by atoms with Gasteiger partial charge in [0.15, 0.2) is 0 Å². The summed E-state index contributed by atoms with van der Waals surface area (Å²) in [5.41, 5.74) is 3.92. The number of benzene rings is 1. The van der Waals surface area contributed by atoms with Crippen molar-refractivity contribution in [2.75, 3.05) is 18.0 Å². The molecular formula is C26H33N5O2. The Morgan fingerprint density at radius 2 is 1.97 bits per heavy atom. The lowest BCUT2D eigenvalue weighted by molar-refractivity contribution is -0.121. The van der Waals surface area contributed by atoms with E-state index < -0.39 is 0 Å². The highest BCUT2D eigenvalue weighted by Gasteiger charge is 2.27. The van der Waals surface area contributed by atoms with Crippen molar-refractivity contribution in [3.05, 3.63) is 46.9 Å². The third kappa shape index (κ3) is 4.59. The zero-order chi connectivity index (χ0) is 22.9. The molecule has 1 aromatic carbocycles. The summed E-state index contributed by atoms with van der Waals surface area (Å²) >= 11 is 0. The standard InChI is InChI=1S/C26H33N5O2/c1-16-13-17(2)15-31(14-16)25-24-18(3)30-33-26(24)29-22(28-25)11-12-23(32)27-21-10-6-8-19-7-4-5-9-20(19)21/h4-5,7,9,16-17,21H,6,8,10-15H2,1-3H3,(H,27,32)/t16-,17+,21-/m0/s1. The molecule has 1 aliphatic carbocycles. The van der Waals surface area contributed by atoms with Gasteiger partial charge in [-0.25, -0.2) is 4.98 Å². The molecule has 7 nitrogen and oxygen atoms in total. The van der Waals surface area contributed by atoms with Crippen molar-refractivity contribution < 1.29 is 9.32 Å². The molecule has 33 heavy (non-hydrogen) atoms. The van der Waals surface area contributed by atoms with Crippen LogP contribution in [-0.2, 0) is 17.6 Å². The number of piperidine rings is 1. The molecule has 1 aliphatic heterocycles. The maximum atomic E-state index is 12.8. The maximum absolute atomic E-state index is 12.8. The van der Waals surface area contributed by atoms with Crippen LogP contribution in [0.3, 0.4) is 0 Å². The molecule has 174 valence electrons. The third-order valence-electron chi connectivity index (χ3n) is 6.98. The van der Waals surface area contributed by atoms with E-state index in [4.69, 9.17) is 9.51 Å². The van der Waals surface area contributed by atoms with Gasteiger partial charge in [-0.05, 0) is 55.6 Å². The van der Waals surface area contributed by atoms with Crippen LogP contribution in [0.15, 0.2) is 28.8 Å². The second-order valence-corrected chi connectivity index (χ2v) is 9.97. The molecule has 2 aromatic heterocycles. The van der Waals surface area contributed by atoms with Crippen molar-refractivity contribution in [3.8, 4) is 0 Å². The van der Waals surface area contributed by atoms with Gasteiger partial charge in [-0.1, -0.05) is 43.3 Å². The largest absolute Gasteiger partial charge is 0.355 e. The van der Waals surface area contributed by atoms with Gasteiger partial charge in [0, 0.05) is 25.9 Å². The topological polar surface area (TPSA) is 84.1 Å². The summed E-state index contributed by atoms with van der Waals surface area (Å²) in [6.45, 7) is 8.43. The van der Waals surface area contributed by atoms with Gasteiger partial charge in [-0.15, -0.1) is 0 Å². The molecule has 0 unspecified atom stereocenters. The molecule has 5 rings (SSSR count). The molecule has 0 saturated carbocycles. The smallest absolute Gasteiger partial charge is 0.263 e. The fourth-order valence-electron chi connectivity index (χ4n) is 5.58. The molecule has 2 aliphatic rings. The summed E-state index contributed by atoms with van der Waals surface area (Å²) in [5.74, 6) is 2.78. The molecule has 1 fully saturated rings. The molecule has 7 heteroatoms. The van der Waals surface area contributed by atoms with Crippen LogP contribution in [0.1, 0.15) is 68.2 Å². The average molecular weight is 448 g/mol. The van der Waals surface area contributed by atoms with Crippen LogP contribution in [0, 0.1) is 18.8 Å². The van der Waals surface area contributed by atoms with E-state index in [9.17, 15) is 4.79 Å². The normalized spacial score (nSPS) is 22.9. The van der Waals surface area contributed by atoms with E-state index in [1.165, 1.54) is 17.5 Å². The second-order valence-electron chi connectivity index (χ2n) is 9.97. The number of carbonyl (C=O) groups is 1. The monoisotopic (exact) mass is 447 g/mol. The van der Waals surface area contributed by atoms with Gasteiger partial charge in [0.25, 0.3) is 5.71 Å². The van der Waals surface area contributed by atoms with Crippen LogP contribution in [0.5, 0.6) is 0 Å². The van der Waals surface area contributed by atoms with Gasteiger partial charge in [0.05, 0.1) is 11.7 Å². The number of nitrogens with zero attached hydrogens (tertiary/aromatic N) is 4. The van der Waals surface area contributed by atoms with Crippen molar-refractivity contribution in [1.29, 1.82) is 0 Å². The summed E-state index contributed by atoms with van der Waals surface area (Å²) in [7, 11) is 0. The van der Waals surface area contributed by atoms with Crippen LogP contribution >= 0.6 is 0 Å². The maximum Gasteiger partial charge on any atom is 0.263 e. The predicted molar refractivity (Wildman–Crippen MR) is 128 cm³/mol. The van der Waals surface area contributed by atoms with Gasteiger partial charge in [-0.3, -0.25) is 4.79 Å². The number of hydrogen-bond acceptors (Lipinski definition) is 6. The minimum atomic E-state index is 0.0379. The van der Waals surface area contributed by atoms with Crippen LogP contribution in [0.25, 0.3) is 11.1 Å². The van der Waals surface area contributed by atoms with E-state index in [-0.39, 0.29) is 11.9 Å². The number of aromatic nitrogens is 3. The van der Waals surface area contributed by atoms with Crippen LogP contribution in [0.2, 0.25) is 0 Å². The Morgan fingerprint density at radius 1 is 1.18 bits per heavy atom. The molecule has 1 N–H and O–H groups in total. The van der Waals surface area contributed by atoms with E-state index >= 15 is 0 Å². The van der Waals surface area contributed by atoms with Crippen LogP contribution in [0.4, 0.5) is 5.82 Å². The van der Waals surface area contributed by atoms with Gasteiger partial charge in [0.2, 0.25) is 5.91 Å². The van der Waals surface area contributed by atoms with E-state index in [0.717, 1.165) is 49.2 Å². The zero-order valence-corrected chi connectivity index (χ0v) is 19.8. The van der Waals surface area contributed by atoms with Crippen molar-refractivity contribution in [2.45, 2.75) is 65.3 Å². The molecule has 3 atom stereocenters. The Hall–Kier alpha value is -2.96. The number of carbonyl (C=O) groups excluding carboxylic acids is 1. The SMILES string of the molecule is Cc1noc2nc(CCC(=O)N[C@H]3CCCc4ccccc43)nc(N3C[C@H](C)C[C@H](C)C3)c12. The van der Waals surface area contributed by atoms with Gasteiger partial charge >= 0.3 is 0 Å². The number of rotatable bonds is 5. The number of anilines is 1. The van der Waals surface area contributed by atoms with Crippen molar-refractivity contribution in [2.24, 2.45) is 11.8 Å². The quantitative estimate of drug-likeness (QED) is 0.618. The number of nitrogens with one attached hydrogen (secondary N) is 1. The minimum absolute atomic E-state index is 0.0379. The van der Waals surface area contributed by atoms with Crippen molar-refractivity contribution >= 4 is 22.8 Å². The average Bonchev–Trinajstić information content (AvgIpc) is 3.17. The molecule has 3 aromatic rings. The number of amides is 1. The van der Waals surface area contributed by atoms with Crippen LogP contribution in [-0.4, -0.2) is 34.1 Å². The van der Waals surface area contributed by atoms with Crippen molar-refractivity contribution in [1.82, 2.24) is 20.4 Å². The highest BCUT2D eigenvalue weighted by Crippen LogP contribution is 2.32. The molecule has 1 saturated heterocycles. The predicted octanol–water partition coefficient (Wildman–Crippen LogP) is 4.53. The number of aryl methyl sites for hydroxylation is 3. The first-order valence-electron chi connectivity index (χ1n) is 12.2. The van der Waals surface area contributed by atoms with Crippen molar-refractivity contribution in [3.63, 3.8) is 0 Å².